The van der Waals surface area contributed by atoms with Crippen molar-refractivity contribution in [1.29, 1.82) is 0 Å². The molecule has 108 valence electrons. The number of rotatable bonds is 3. The molecular weight excluding hydrogens is 250 g/mol. The zero-order chi connectivity index (χ0) is 14.4. The maximum Gasteiger partial charge on any atom is 0.163 e. The Kier molecular flexibility index (Phi) is 3.15. The number of aromatic nitrogens is 4. The van der Waals surface area contributed by atoms with Crippen LogP contribution in [-0.4, -0.2) is 32.3 Å². The first-order chi connectivity index (χ1) is 9.50. The monoisotopic (exact) mass is 273 g/mol. The van der Waals surface area contributed by atoms with Crippen LogP contribution >= 0.6 is 0 Å². The van der Waals surface area contributed by atoms with Crippen LogP contribution in [-0.2, 0) is 7.05 Å². The third-order valence-electron chi connectivity index (χ3n) is 4.53. The average Bonchev–Trinajstić information content (AvgIpc) is 2.70. The van der Waals surface area contributed by atoms with Gasteiger partial charge >= 0.3 is 0 Å². The fraction of sp³-hybridized carbons (Fsp3) is 0.667. The molecule has 2 aromatic heterocycles. The zero-order valence-corrected chi connectivity index (χ0v) is 12.9. The Hall–Kier alpha value is -1.65. The van der Waals surface area contributed by atoms with E-state index >= 15 is 0 Å². The highest BCUT2D eigenvalue weighted by Crippen LogP contribution is 2.40. The molecule has 0 saturated carbocycles. The fourth-order valence-electron chi connectivity index (χ4n) is 3.42. The molecule has 0 N–H and O–H groups in total. The van der Waals surface area contributed by atoms with Crippen molar-refractivity contribution in [2.45, 2.75) is 33.7 Å². The van der Waals surface area contributed by atoms with Gasteiger partial charge in [0, 0.05) is 19.6 Å². The molecule has 3 rings (SSSR count). The molecule has 1 saturated heterocycles. The number of hydrogen-bond acceptors (Lipinski definition) is 4. The molecule has 0 unspecified atom stereocenters. The topological polar surface area (TPSA) is 46.8 Å². The van der Waals surface area contributed by atoms with E-state index in [0.29, 0.717) is 17.9 Å². The SMILES string of the molecule is CC(C)[C@H]1CN(c2ncnc3c2cnn3C)[C@H]1C(C)C. The summed E-state index contributed by atoms with van der Waals surface area (Å²) in [6, 6.07) is 0.563. The summed E-state index contributed by atoms with van der Waals surface area (Å²) >= 11 is 0. The van der Waals surface area contributed by atoms with Crippen molar-refractivity contribution in [1.82, 2.24) is 19.7 Å². The van der Waals surface area contributed by atoms with E-state index in [4.69, 9.17) is 0 Å². The van der Waals surface area contributed by atoms with E-state index in [-0.39, 0.29) is 0 Å². The smallest absolute Gasteiger partial charge is 0.163 e. The van der Waals surface area contributed by atoms with Crippen LogP contribution in [0.1, 0.15) is 27.7 Å². The van der Waals surface area contributed by atoms with Crippen molar-refractivity contribution >= 4 is 16.9 Å². The average molecular weight is 273 g/mol. The minimum atomic E-state index is 0.563. The van der Waals surface area contributed by atoms with Crippen LogP contribution in [0.2, 0.25) is 0 Å². The van der Waals surface area contributed by atoms with Crippen LogP contribution in [0.3, 0.4) is 0 Å². The lowest BCUT2D eigenvalue weighted by atomic mass is 9.74. The van der Waals surface area contributed by atoms with E-state index in [9.17, 15) is 0 Å². The van der Waals surface area contributed by atoms with E-state index < -0.39 is 0 Å². The van der Waals surface area contributed by atoms with Gasteiger partial charge in [-0.1, -0.05) is 27.7 Å². The van der Waals surface area contributed by atoms with Gasteiger partial charge in [0.05, 0.1) is 11.6 Å². The van der Waals surface area contributed by atoms with Crippen molar-refractivity contribution in [3.05, 3.63) is 12.5 Å². The summed E-state index contributed by atoms with van der Waals surface area (Å²) in [6.07, 6.45) is 3.53. The second-order valence-corrected chi connectivity index (χ2v) is 6.50. The van der Waals surface area contributed by atoms with E-state index in [1.165, 1.54) is 0 Å². The van der Waals surface area contributed by atoms with E-state index in [0.717, 1.165) is 29.3 Å². The van der Waals surface area contributed by atoms with Gasteiger partial charge in [0.15, 0.2) is 5.65 Å². The molecule has 0 aliphatic carbocycles. The van der Waals surface area contributed by atoms with Gasteiger partial charge in [-0.25, -0.2) is 9.97 Å². The highest BCUT2D eigenvalue weighted by atomic mass is 15.3. The molecule has 0 aromatic carbocycles. The second kappa shape index (κ2) is 4.72. The summed E-state index contributed by atoms with van der Waals surface area (Å²) in [6.45, 7) is 10.3. The Morgan fingerprint density at radius 1 is 1.15 bits per heavy atom. The number of fused-ring (bicyclic) bond motifs is 1. The largest absolute Gasteiger partial charge is 0.352 e. The van der Waals surface area contributed by atoms with E-state index in [1.54, 1.807) is 6.33 Å². The lowest BCUT2D eigenvalue weighted by molar-refractivity contribution is 0.176. The normalized spacial score (nSPS) is 22.9. The van der Waals surface area contributed by atoms with Crippen molar-refractivity contribution in [3.63, 3.8) is 0 Å². The summed E-state index contributed by atoms with van der Waals surface area (Å²) in [5.41, 5.74) is 0.908. The Morgan fingerprint density at radius 2 is 1.90 bits per heavy atom. The van der Waals surface area contributed by atoms with Crippen molar-refractivity contribution < 1.29 is 0 Å². The molecule has 5 nitrogen and oxygen atoms in total. The minimum absolute atomic E-state index is 0.563. The highest BCUT2D eigenvalue weighted by Gasteiger charge is 2.43. The van der Waals surface area contributed by atoms with Crippen LogP contribution in [0, 0.1) is 17.8 Å². The quantitative estimate of drug-likeness (QED) is 0.862. The first-order valence-corrected chi connectivity index (χ1v) is 7.40. The first kappa shape index (κ1) is 13.3. The third kappa shape index (κ3) is 1.87. The molecule has 0 spiro atoms. The van der Waals surface area contributed by atoms with Gasteiger partial charge in [-0.05, 0) is 17.8 Å². The predicted octanol–water partition coefficient (Wildman–Crippen LogP) is 2.48. The third-order valence-corrected chi connectivity index (χ3v) is 4.53. The Labute approximate surface area is 120 Å². The molecule has 0 radical (unpaired) electrons. The highest BCUT2D eigenvalue weighted by molar-refractivity contribution is 5.87. The van der Waals surface area contributed by atoms with Crippen LogP contribution < -0.4 is 4.90 Å². The van der Waals surface area contributed by atoms with Gasteiger partial charge in [0.1, 0.15) is 12.1 Å². The van der Waals surface area contributed by atoms with Gasteiger partial charge in [-0.15, -0.1) is 0 Å². The Balaban J connectivity index is 2.00. The molecular formula is C15H23N5. The van der Waals surface area contributed by atoms with Crippen molar-refractivity contribution in [2.24, 2.45) is 24.8 Å². The predicted molar refractivity (Wildman–Crippen MR) is 80.6 cm³/mol. The zero-order valence-electron chi connectivity index (χ0n) is 12.9. The van der Waals surface area contributed by atoms with Crippen LogP contribution in [0.25, 0.3) is 11.0 Å². The van der Waals surface area contributed by atoms with Gasteiger partial charge in [-0.2, -0.15) is 5.10 Å². The Bertz CT molecular complexity index is 616. The van der Waals surface area contributed by atoms with Crippen molar-refractivity contribution in [3.8, 4) is 0 Å². The van der Waals surface area contributed by atoms with E-state index in [2.05, 4.69) is 47.7 Å². The van der Waals surface area contributed by atoms with Crippen molar-refractivity contribution in [2.75, 3.05) is 11.4 Å². The maximum atomic E-state index is 4.53. The van der Waals surface area contributed by atoms with Crippen LogP contribution in [0.5, 0.6) is 0 Å². The molecule has 3 heterocycles. The molecule has 1 aliphatic rings. The molecule has 1 aliphatic heterocycles. The number of aryl methyl sites for hydroxylation is 1. The lowest BCUT2D eigenvalue weighted by Gasteiger charge is -2.53. The molecule has 0 amide bonds. The maximum absolute atomic E-state index is 4.53. The summed E-state index contributed by atoms with van der Waals surface area (Å²) in [7, 11) is 1.92. The standard InChI is InChI=1S/C15H23N5/c1-9(2)12-7-20(13(12)10(3)4)15-11-6-18-19(5)14(11)16-8-17-15/h6,8-10,12-13H,7H2,1-5H3/t12-,13+/m1/s1. The first-order valence-electron chi connectivity index (χ1n) is 7.40. The number of anilines is 1. The van der Waals surface area contributed by atoms with Gasteiger partial charge in [0.25, 0.3) is 0 Å². The second-order valence-electron chi connectivity index (χ2n) is 6.50. The molecule has 2 atom stereocenters. The summed E-state index contributed by atoms with van der Waals surface area (Å²) in [5.74, 6) is 3.12. The van der Waals surface area contributed by atoms with Gasteiger partial charge < -0.3 is 4.90 Å². The molecule has 20 heavy (non-hydrogen) atoms. The minimum Gasteiger partial charge on any atom is -0.352 e. The van der Waals surface area contributed by atoms with Gasteiger partial charge in [-0.3, -0.25) is 4.68 Å². The van der Waals surface area contributed by atoms with Gasteiger partial charge in [0.2, 0.25) is 0 Å². The number of nitrogens with zero attached hydrogens (tertiary/aromatic N) is 5. The van der Waals surface area contributed by atoms with Crippen LogP contribution in [0.15, 0.2) is 12.5 Å². The van der Waals surface area contributed by atoms with Crippen LogP contribution in [0.4, 0.5) is 5.82 Å². The van der Waals surface area contributed by atoms with E-state index in [1.807, 2.05) is 17.9 Å². The lowest BCUT2D eigenvalue weighted by Crippen LogP contribution is -2.61. The molecule has 5 heteroatoms. The number of hydrogen-bond donors (Lipinski definition) is 0. The fourth-order valence-corrected chi connectivity index (χ4v) is 3.42. The molecule has 0 bridgehead atoms. The Morgan fingerprint density at radius 3 is 2.55 bits per heavy atom. The molecule has 1 fully saturated rings. The summed E-state index contributed by atoms with van der Waals surface area (Å²) < 4.78 is 1.81. The summed E-state index contributed by atoms with van der Waals surface area (Å²) in [4.78, 5) is 11.3. The molecule has 2 aromatic rings. The summed E-state index contributed by atoms with van der Waals surface area (Å²) in [5, 5.41) is 5.37.